The molecule has 5 rings (SSSR count). The first-order chi connectivity index (χ1) is 22.0. The Bertz CT molecular complexity index is 1700. The van der Waals surface area contributed by atoms with Crippen LogP contribution in [-0.4, -0.2) is 58.1 Å². The van der Waals surface area contributed by atoms with Crippen LogP contribution >= 0.6 is 11.3 Å². The molecule has 6 N–H and O–H groups in total. The molecule has 1 fully saturated rings. The Morgan fingerprint density at radius 3 is 2.50 bits per heavy atom. The van der Waals surface area contributed by atoms with Gasteiger partial charge in [0.25, 0.3) is 12.3 Å². The quantitative estimate of drug-likeness (QED) is 0.131. The van der Waals surface area contributed by atoms with Crippen LogP contribution < -0.4 is 27.2 Å². The minimum Gasteiger partial charge on any atom is -0.396 e. The van der Waals surface area contributed by atoms with Crippen molar-refractivity contribution in [3.05, 3.63) is 88.6 Å². The van der Waals surface area contributed by atoms with Crippen molar-refractivity contribution >= 4 is 45.4 Å². The number of hydrogen-bond donors (Lipinski definition) is 4. The zero-order chi connectivity index (χ0) is 33.4. The van der Waals surface area contributed by atoms with Crippen LogP contribution in [-0.2, 0) is 4.79 Å². The normalized spacial score (nSPS) is 13.3. The smallest absolute Gasteiger partial charge is 0.264 e. The summed E-state index contributed by atoms with van der Waals surface area (Å²) < 4.78 is 38.4. The molecular weight excluding hydrogens is 619 g/mol. The molecule has 0 bridgehead atoms. The lowest BCUT2D eigenvalue weighted by Gasteiger charge is -2.18. The monoisotopic (exact) mass is 655 g/mol. The lowest BCUT2D eigenvalue weighted by Crippen LogP contribution is -2.30. The molecule has 1 saturated heterocycles. The molecule has 2 amide bonds. The van der Waals surface area contributed by atoms with Gasteiger partial charge in [-0.2, -0.15) is 0 Å². The highest BCUT2D eigenvalue weighted by atomic mass is 32.1. The summed E-state index contributed by atoms with van der Waals surface area (Å²) in [5.74, 6) is 5.70. The van der Waals surface area contributed by atoms with Gasteiger partial charge in [-0.15, -0.1) is 0 Å². The number of imidazole rings is 1. The fraction of sp³-hybridized carbons (Fsp3) is 0.290. The molecule has 0 saturated carbocycles. The predicted octanol–water partition coefficient (Wildman–Crippen LogP) is 5.39. The number of hydrazine groups is 1. The van der Waals surface area contributed by atoms with Crippen LogP contribution in [0.5, 0.6) is 0 Å². The molecule has 15 heteroatoms. The Balaban J connectivity index is 0.00000235. The molecule has 1 aliphatic rings. The van der Waals surface area contributed by atoms with Gasteiger partial charge in [0.05, 0.1) is 42.0 Å². The van der Waals surface area contributed by atoms with E-state index in [2.05, 4.69) is 25.5 Å². The second-order valence-corrected chi connectivity index (χ2v) is 11.6. The number of likely N-dealkylation sites (tertiary alicyclic amines) is 1. The number of rotatable bonds is 10. The number of halogens is 3. The maximum absolute atomic E-state index is 13.7. The summed E-state index contributed by atoms with van der Waals surface area (Å²) in [4.78, 5) is 36.7. The largest absolute Gasteiger partial charge is 0.396 e. The molecule has 0 atom stereocenters. The van der Waals surface area contributed by atoms with Crippen LogP contribution in [0.4, 0.5) is 29.7 Å². The average Bonchev–Trinajstić information content (AvgIpc) is 3.81. The van der Waals surface area contributed by atoms with Crippen molar-refractivity contribution in [2.75, 3.05) is 42.5 Å². The van der Waals surface area contributed by atoms with E-state index < -0.39 is 12.3 Å². The van der Waals surface area contributed by atoms with Gasteiger partial charge in [0.15, 0.2) is 5.13 Å². The molecule has 4 aromatic rings. The Labute approximate surface area is 268 Å². The van der Waals surface area contributed by atoms with Crippen LogP contribution in [0, 0.1) is 13.8 Å². The van der Waals surface area contributed by atoms with Crippen molar-refractivity contribution < 1.29 is 22.8 Å². The summed E-state index contributed by atoms with van der Waals surface area (Å²) in [7, 11) is 0.500. The highest BCUT2D eigenvalue weighted by Crippen LogP contribution is 2.28. The van der Waals surface area contributed by atoms with Crippen molar-refractivity contribution in [2.24, 2.45) is 11.6 Å². The van der Waals surface area contributed by atoms with Gasteiger partial charge in [0, 0.05) is 41.1 Å². The third kappa shape index (κ3) is 8.71. The van der Waals surface area contributed by atoms with E-state index in [1.165, 1.54) is 41.0 Å². The summed E-state index contributed by atoms with van der Waals surface area (Å²) in [5.41, 5.74) is 9.28. The Morgan fingerprint density at radius 2 is 1.83 bits per heavy atom. The highest BCUT2D eigenvalue weighted by Gasteiger charge is 2.18. The number of amides is 2. The van der Waals surface area contributed by atoms with E-state index in [4.69, 9.17) is 11.6 Å². The minimum absolute atomic E-state index is 0.129. The fourth-order valence-electron chi connectivity index (χ4n) is 4.83. The summed E-state index contributed by atoms with van der Waals surface area (Å²) >= 11 is 1.22. The van der Waals surface area contributed by atoms with E-state index >= 15 is 0 Å². The number of nitrogens with one attached hydrogen (secondary N) is 2. The molecule has 1 aliphatic heterocycles. The second-order valence-electron chi connectivity index (χ2n) is 10.5. The van der Waals surface area contributed by atoms with Crippen molar-refractivity contribution in [2.45, 2.75) is 33.1 Å². The summed E-state index contributed by atoms with van der Waals surface area (Å²) in [6.07, 6.45) is 5.74. The first kappa shape index (κ1) is 34.1. The maximum Gasteiger partial charge on any atom is 0.264 e. The third-order valence-electron chi connectivity index (χ3n) is 7.09. The summed E-state index contributed by atoms with van der Waals surface area (Å²) in [5, 5.41) is 7.25. The summed E-state index contributed by atoms with van der Waals surface area (Å²) in [6, 6.07) is 9.11. The van der Waals surface area contributed by atoms with E-state index in [1.54, 1.807) is 48.1 Å². The lowest BCUT2D eigenvalue weighted by atomic mass is 10.1. The Morgan fingerprint density at radius 1 is 1.09 bits per heavy atom. The number of aromatic nitrogens is 3. The van der Waals surface area contributed by atoms with Gasteiger partial charge < -0.3 is 20.9 Å². The first-order valence-electron chi connectivity index (χ1n) is 14.3. The Kier molecular flexibility index (Phi) is 11.5. The number of carbonyl (C=O) groups is 2. The van der Waals surface area contributed by atoms with Gasteiger partial charge in [-0.1, -0.05) is 17.4 Å². The number of anilines is 3. The van der Waals surface area contributed by atoms with E-state index in [0.29, 0.717) is 40.8 Å². The van der Waals surface area contributed by atoms with E-state index in [1.807, 2.05) is 6.92 Å². The van der Waals surface area contributed by atoms with E-state index in [9.17, 15) is 22.8 Å². The molecule has 0 unspecified atom stereocenters. The van der Waals surface area contributed by atoms with Crippen LogP contribution in [0.3, 0.4) is 0 Å². The molecule has 0 radical (unpaired) electrons. The standard InChI is InChI=1S/C30H33F2N9O2S.CH3F/c1-18-5-6-20(29(43)37-22-9-21(28(31)32)10-23(12-22)40-14-19(2)36-17-40)11-25(18)41(34)15-24(33)26-13-35-30(44-26)38-27(42)16-39-7-3-4-8-39;1-2/h5-6,9-15,17,28H,3-4,7-8,16,33-34H2,1-2H3,(H,37,43)(H,35,38,42);1H3/b24-15-;. The number of benzene rings is 2. The van der Waals surface area contributed by atoms with Crippen molar-refractivity contribution in [3.63, 3.8) is 0 Å². The van der Waals surface area contributed by atoms with Gasteiger partial charge in [0.1, 0.15) is 0 Å². The molecule has 2 aromatic carbocycles. The number of hydrogen-bond acceptors (Lipinski definition) is 9. The van der Waals surface area contributed by atoms with Crippen molar-refractivity contribution in [1.82, 2.24) is 19.4 Å². The van der Waals surface area contributed by atoms with Crippen LogP contribution in [0.15, 0.2) is 61.3 Å². The number of thiazole rings is 1. The van der Waals surface area contributed by atoms with Gasteiger partial charge >= 0.3 is 0 Å². The molecule has 3 heterocycles. The molecule has 244 valence electrons. The Hall–Kier alpha value is -4.73. The second kappa shape index (κ2) is 15.5. The van der Waals surface area contributed by atoms with E-state index in [0.717, 1.165) is 37.2 Å². The first-order valence-corrected chi connectivity index (χ1v) is 15.1. The zero-order valence-corrected chi connectivity index (χ0v) is 26.5. The number of alkyl halides is 3. The van der Waals surface area contributed by atoms with Gasteiger partial charge in [-0.05, 0) is 75.7 Å². The van der Waals surface area contributed by atoms with Crippen LogP contribution in [0.25, 0.3) is 11.4 Å². The van der Waals surface area contributed by atoms with Gasteiger partial charge in [-0.3, -0.25) is 23.9 Å². The van der Waals surface area contributed by atoms with Crippen molar-refractivity contribution in [1.29, 1.82) is 0 Å². The molecule has 2 aromatic heterocycles. The molecule has 0 aliphatic carbocycles. The minimum atomic E-state index is -2.73. The predicted molar refractivity (Wildman–Crippen MR) is 175 cm³/mol. The topological polar surface area (TPSA) is 147 Å². The van der Waals surface area contributed by atoms with Gasteiger partial charge in [-0.25, -0.2) is 24.6 Å². The number of nitrogens with zero attached hydrogens (tertiary/aromatic N) is 5. The number of carbonyl (C=O) groups excluding carboxylic acids is 2. The van der Waals surface area contributed by atoms with Gasteiger partial charge in [0.2, 0.25) is 5.91 Å². The number of aryl methyl sites for hydroxylation is 2. The number of nitrogens with two attached hydrogens (primary N) is 2. The van der Waals surface area contributed by atoms with Crippen LogP contribution in [0.1, 0.15) is 51.3 Å². The van der Waals surface area contributed by atoms with Crippen LogP contribution in [0.2, 0.25) is 0 Å². The maximum atomic E-state index is 13.7. The molecular formula is C31H36F3N9O2S. The SMILES string of the molecule is CF.Cc1cn(-c2cc(NC(=O)c3ccc(C)c(N(N)/C=C(\N)c4cnc(NC(=O)CN5CCCC5)s4)c3)cc(C(F)F)c2)cn1. The third-order valence-corrected chi connectivity index (χ3v) is 8.05. The highest BCUT2D eigenvalue weighted by molar-refractivity contribution is 7.16. The lowest BCUT2D eigenvalue weighted by molar-refractivity contribution is -0.117. The molecule has 46 heavy (non-hydrogen) atoms. The van der Waals surface area contributed by atoms with E-state index in [-0.39, 0.29) is 22.7 Å². The average molecular weight is 656 g/mol. The fourth-order valence-corrected chi connectivity index (χ4v) is 5.58. The van der Waals surface area contributed by atoms with Crippen molar-refractivity contribution in [3.8, 4) is 5.69 Å². The molecule has 11 nitrogen and oxygen atoms in total. The summed E-state index contributed by atoms with van der Waals surface area (Å²) in [6.45, 7) is 5.77. The molecule has 0 spiro atoms. The zero-order valence-electron chi connectivity index (χ0n) is 25.6.